The van der Waals surface area contributed by atoms with Gasteiger partial charge in [0.05, 0.1) is 19.5 Å². The molecule has 0 N–H and O–H groups in total. The van der Waals surface area contributed by atoms with Gasteiger partial charge in [-0.25, -0.2) is 4.99 Å². The van der Waals surface area contributed by atoms with E-state index in [4.69, 9.17) is 9.73 Å². The molecule has 0 aromatic heterocycles. The molecular formula is C26H26N4O2. The van der Waals surface area contributed by atoms with Crippen LogP contribution in [0.5, 0.6) is 5.75 Å². The predicted molar refractivity (Wildman–Crippen MR) is 128 cm³/mol. The minimum Gasteiger partial charge on any atom is -0.494 e. The molecule has 1 saturated heterocycles. The number of benzene rings is 3. The summed E-state index contributed by atoms with van der Waals surface area (Å²) in [6.45, 7) is 4.24. The molecule has 6 nitrogen and oxygen atoms in total. The molecule has 162 valence electrons. The van der Waals surface area contributed by atoms with Crippen LogP contribution in [0.15, 0.2) is 83.9 Å². The number of methoxy groups -OCH3 is 1. The summed E-state index contributed by atoms with van der Waals surface area (Å²) in [6, 6.07) is 25.9. The van der Waals surface area contributed by atoms with Crippen LogP contribution in [-0.2, 0) is 4.79 Å². The lowest BCUT2D eigenvalue weighted by Gasteiger charge is -2.37. The number of aliphatic imine (C=N–C) groups is 1. The average molecular weight is 427 g/mol. The van der Waals surface area contributed by atoms with Crippen LogP contribution in [0.2, 0.25) is 0 Å². The number of nitrogens with zero attached hydrogens (tertiary/aromatic N) is 4. The Bertz CT molecular complexity index is 1140. The van der Waals surface area contributed by atoms with E-state index in [-0.39, 0.29) is 5.91 Å². The number of anilines is 2. The SMILES string of the molecule is COc1ccccc1N=C1C(=O)N(CN2CCN(c3ccccc3)CC2)c2ccccc21. The fourth-order valence-electron chi connectivity index (χ4n) is 4.34. The Labute approximate surface area is 188 Å². The normalized spacial score (nSPS) is 17.7. The van der Waals surface area contributed by atoms with Crippen molar-refractivity contribution in [3.8, 4) is 5.75 Å². The summed E-state index contributed by atoms with van der Waals surface area (Å²) in [7, 11) is 1.62. The second kappa shape index (κ2) is 8.85. The van der Waals surface area contributed by atoms with Crippen molar-refractivity contribution in [2.24, 2.45) is 4.99 Å². The second-order valence-corrected chi connectivity index (χ2v) is 7.96. The van der Waals surface area contributed by atoms with Crippen molar-refractivity contribution in [1.82, 2.24) is 4.90 Å². The van der Waals surface area contributed by atoms with E-state index in [1.807, 2.05) is 59.5 Å². The molecule has 5 rings (SSSR count). The first kappa shape index (κ1) is 20.3. The minimum absolute atomic E-state index is 0.0670. The number of piperazine rings is 1. The number of carbonyl (C=O) groups is 1. The molecule has 0 saturated carbocycles. The lowest BCUT2D eigenvalue weighted by molar-refractivity contribution is -0.112. The quantitative estimate of drug-likeness (QED) is 0.620. The van der Waals surface area contributed by atoms with Crippen molar-refractivity contribution >= 4 is 28.7 Å². The first-order valence-corrected chi connectivity index (χ1v) is 10.9. The van der Waals surface area contributed by atoms with Gasteiger partial charge < -0.3 is 9.64 Å². The molecule has 0 unspecified atom stereocenters. The van der Waals surface area contributed by atoms with Gasteiger partial charge >= 0.3 is 0 Å². The molecular weight excluding hydrogens is 400 g/mol. The van der Waals surface area contributed by atoms with Gasteiger partial charge in [0, 0.05) is 37.4 Å². The summed E-state index contributed by atoms with van der Waals surface area (Å²) in [4.78, 5) is 24.7. The summed E-state index contributed by atoms with van der Waals surface area (Å²) in [5.74, 6) is 0.586. The first-order chi connectivity index (χ1) is 15.7. The first-order valence-electron chi connectivity index (χ1n) is 10.9. The summed E-state index contributed by atoms with van der Waals surface area (Å²) < 4.78 is 5.43. The maximum Gasteiger partial charge on any atom is 0.278 e. The number of amides is 1. The van der Waals surface area contributed by atoms with E-state index in [1.54, 1.807) is 7.11 Å². The lowest BCUT2D eigenvalue weighted by Crippen LogP contribution is -2.51. The van der Waals surface area contributed by atoms with Gasteiger partial charge in [-0.2, -0.15) is 0 Å². The molecule has 0 atom stereocenters. The molecule has 2 aliphatic rings. The number of carbonyl (C=O) groups excluding carboxylic acids is 1. The van der Waals surface area contributed by atoms with Gasteiger partial charge in [0.2, 0.25) is 0 Å². The second-order valence-electron chi connectivity index (χ2n) is 7.96. The average Bonchev–Trinajstić information content (AvgIpc) is 3.11. The highest BCUT2D eigenvalue weighted by atomic mass is 16.5. The Morgan fingerprint density at radius 3 is 2.31 bits per heavy atom. The fraction of sp³-hybridized carbons (Fsp3) is 0.231. The van der Waals surface area contributed by atoms with Gasteiger partial charge in [-0.1, -0.05) is 48.5 Å². The van der Waals surface area contributed by atoms with Gasteiger partial charge in [0.25, 0.3) is 5.91 Å². The van der Waals surface area contributed by atoms with E-state index in [2.05, 4.69) is 34.1 Å². The smallest absolute Gasteiger partial charge is 0.278 e. The zero-order valence-electron chi connectivity index (χ0n) is 18.1. The van der Waals surface area contributed by atoms with Gasteiger partial charge in [-0.05, 0) is 30.3 Å². The molecule has 1 amide bonds. The number of fused-ring (bicyclic) bond motifs is 1. The van der Waals surface area contributed by atoms with Crippen molar-refractivity contribution < 1.29 is 9.53 Å². The monoisotopic (exact) mass is 426 g/mol. The van der Waals surface area contributed by atoms with Crippen LogP contribution >= 0.6 is 0 Å². The highest BCUT2D eigenvalue weighted by Gasteiger charge is 2.35. The third-order valence-corrected chi connectivity index (χ3v) is 6.05. The number of hydrogen-bond donors (Lipinski definition) is 0. The maximum absolute atomic E-state index is 13.4. The number of ether oxygens (including phenoxy) is 1. The van der Waals surface area contributed by atoms with Crippen LogP contribution in [0.25, 0.3) is 0 Å². The van der Waals surface area contributed by atoms with Gasteiger partial charge in [-0.3, -0.25) is 14.6 Å². The van der Waals surface area contributed by atoms with Gasteiger partial charge in [0.15, 0.2) is 0 Å². The van der Waals surface area contributed by atoms with E-state index < -0.39 is 0 Å². The molecule has 6 heteroatoms. The Kier molecular flexibility index (Phi) is 5.60. The van der Waals surface area contributed by atoms with E-state index >= 15 is 0 Å². The van der Waals surface area contributed by atoms with Crippen LogP contribution in [0.4, 0.5) is 17.1 Å². The molecule has 0 spiro atoms. The molecule has 0 aliphatic carbocycles. The van der Waals surface area contributed by atoms with E-state index in [9.17, 15) is 4.79 Å². The van der Waals surface area contributed by atoms with Crippen LogP contribution in [0, 0.1) is 0 Å². The Balaban J connectivity index is 1.35. The van der Waals surface area contributed by atoms with E-state index in [0.29, 0.717) is 23.8 Å². The summed E-state index contributed by atoms with van der Waals surface area (Å²) in [6.07, 6.45) is 0. The molecule has 2 heterocycles. The summed E-state index contributed by atoms with van der Waals surface area (Å²) in [5, 5.41) is 0. The van der Waals surface area contributed by atoms with Crippen LogP contribution in [0.3, 0.4) is 0 Å². The largest absolute Gasteiger partial charge is 0.494 e. The van der Waals surface area contributed by atoms with Crippen molar-refractivity contribution in [3.63, 3.8) is 0 Å². The maximum atomic E-state index is 13.4. The highest BCUT2D eigenvalue weighted by Crippen LogP contribution is 2.33. The number of hydrogen-bond acceptors (Lipinski definition) is 5. The van der Waals surface area contributed by atoms with Crippen molar-refractivity contribution in [3.05, 3.63) is 84.4 Å². The Morgan fingerprint density at radius 1 is 0.844 bits per heavy atom. The molecule has 3 aromatic rings. The van der Waals surface area contributed by atoms with Crippen molar-refractivity contribution in [2.75, 3.05) is 49.8 Å². The van der Waals surface area contributed by atoms with Crippen molar-refractivity contribution in [2.45, 2.75) is 0 Å². The molecule has 2 aliphatic heterocycles. The molecule has 1 fully saturated rings. The standard InChI is InChI=1S/C26H26N4O2/c1-32-24-14-8-6-12-22(24)27-25-21-11-5-7-13-23(21)30(26(25)31)19-28-15-17-29(18-16-28)20-9-3-2-4-10-20/h2-14H,15-19H2,1H3. The minimum atomic E-state index is -0.0670. The molecule has 32 heavy (non-hydrogen) atoms. The topological polar surface area (TPSA) is 48.4 Å². The number of para-hydroxylation sites is 4. The van der Waals surface area contributed by atoms with Crippen LogP contribution < -0.4 is 14.5 Å². The van der Waals surface area contributed by atoms with Crippen LogP contribution in [-0.4, -0.2) is 56.5 Å². The highest BCUT2D eigenvalue weighted by molar-refractivity contribution is 6.54. The zero-order valence-corrected chi connectivity index (χ0v) is 18.1. The van der Waals surface area contributed by atoms with Gasteiger partial charge in [-0.15, -0.1) is 0 Å². The van der Waals surface area contributed by atoms with Crippen LogP contribution in [0.1, 0.15) is 5.56 Å². The lowest BCUT2D eigenvalue weighted by atomic mass is 10.1. The third kappa shape index (κ3) is 3.85. The molecule has 0 bridgehead atoms. The summed E-state index contributed by atoms with van der Waals surface area (Å²) >= 11 is 0. The van der Waals surface area contributed by atoms with E-state index in [1.165, 1.54) is 5.69 Å². The Morgan fingerprint density at radius 2 is 1.53 bits per heavy atom. The fourth-order valence-corrected chi connectivity index (χ4v) is 4.34. The number of rotatable bonds is 5. The van der Waals surface area contributed by atoms with Crippen molar-refractivity contribution in [1.29, 1.82) is 0 Å². The predicted octanol–water partition coefficient (Wildman–Crippen LogP) is 3.94. The Hall–Kier alpha value is -3.64. The molecule has 3 aromatic carbocycles. The van der Waals surface area contributed by atoms with E-state index in [0.717, 1.165) is 37.4 Å². The molecule has 0 radical (unpaired) electrons. The zero-order chi connectivity index (χ0) is 21.9. The third-order valence-electron chi connectivity index (χ3n) is 6.05. The summed E-state index contributed by atoms with van der Waals surface area (Å²) in [5.41, 5.74) is 4.16. The van der Waals surface area contributed by atoms with Gasteiger partial charge in [0.1, 0.15) is 17.1 Å².